The topological polar surface area (TPSA) is 71.3 Å². The van der Waals surface area contributed by atoms with Crippen molar-refractivity contribution in [3.63, 3.8) is 0 Å². The Labute approximate surface area is 107 Å². The molecular weight excluding hydrogens is 234 g/mol. The molecule has 5 nitrogen and oxygen atoms in total. The number of ether oxygens (including phenoxy) is 2. The quantitative estimate of drug-likeness (QED) is 0.337. The lowest BCUT2D eigenvalue weighted by atomic mass is 10.1. The van der Waals surface area contributed by atoms with E-state index in [0.29, 0.717) is 23.8 Å². The summed E-state index contributed by atoms with van der Waals surface area (Å²) in [5.74, 6) is 1.24. The molecule has 0 aliphatic carbocycles. The van der Waals surface area contributed by atoms with Crippen LogP contribution in [0.5, 0.6) is 11.5 Å². The van der Waals surface area contributed by atoms with Crippen LogP contribution in [-0.4, -0.2) is 36.3 Å². The summed E-state index contributed by atoms with van der Waals surface area (Å²) in [6, 6.07) is 5.34. The number of methoxy groups -OCH3 is 1. The molecule has 0 bridgehead atoms. The molecule has 0 fully saturated rings. The maximum absolute atomic E-state index is 8.71. The predicted molar refractivity (Wildman–Crippen MR) is 68.8 cm³/mol. The largest absolute Gasteiger partial charge is 0.493 e. The van der Waals surface area contributed by atoms with Crippen molar-refractivity contribution in [2.45, 2.75) is 19.8 Å². The van der Waals surface area contributed by atoms with E-state index in [1.807, 2.05) is 0 Å². The minimum Gasteiger partial charge on any atom is -0.493 e. The maximum atomic E-state index is 8.71. The molecule has 0 saturated heterocycles. The highest BCUT2D eigenvalue weighted by molar-refractivity contribution is 5.98. The van der Waals surface area contributed by atoms with Crippen molar-refractivity contribution in [1.29, 1.82) is 0 Å². The Kier molecular flexibility index (Phi) is 6.00. The number of hydrogen-bond acceptors (Lipinski definition) is 5. The number of oxime groups is 1. The van der Waals surface area contributed by atoms with Crippen molar-refractivity contribution in [3.05, 3.63) is 23.8 Å². The zero-order valence-corrected chi connectivity index (χ0v) is 10.7. The van der Waals surface area contributed by atoms with E-state index in [4.69, 9.17) is 19.8 Å². The summed E-state index contributed by atoms with van der Waals surface area (Å²) < 4.78 is 10.8. The zero-order valence-electron chi connectivity index (χ0n) is 10.7. The first-order valence-electron chi connectivity index (χ1n) is 5.83. The van der Waals surface area contributed by atoms with Gasteiger partial charge >= 0.3 is 0 Å². The fraction of sp³-hybridized carbons (Fsp3) is 0.462. The van der Waals surface area contributed by atoms with Crippen molar-refractivity contribution in [2.75, 3.05) is 20.3 Å². The van der Waals surface area contributed by atoms with Crippen molar-refractivity contribution in [2.24, 2.45) is 5.16 Å². The highest BCUT2D eigenvalue weighted by Gasteiger charge is 2.07. The van der Waals surface area contributed by atoms with Crippen molar-refractivity contribution < 1.29 is 19.8 Å². The maximum Gasteiger partial charge on any atom is 0.161 e. The number of hydrogen-bond donors (Lipinski definition) is 2. The highest BCUT2D eigenvalue weighted by atomic mass is 16.5. The van der Waals surface area contributed by atoms with Gasteiger partial charge < -0.3 is 19.8 Å². The first kappa shape index (κ1) is 14.3. The molecule has 0 radical (unpaired) electrons. The van der Waals surface area contributed by atoms with Gasteiger partial charge in [-0.2, -0.15) is 0 Å². The third-order valence-corrected chi connectivity index (χ3v) is 2.54. The van der Waals surface area contributed by atoms with E-state index in [9.17, 15) is 0 Å². The average Bonchev–Trinajstić information content (AvgIpc) is 2.42. The Hall–Kier alpha value is -1.75. The second kappa shape index (κ2) is 7.55. The number of unbranched alkanes of at least 4 members (excludes halogenated alkanes) is 1. The Bertz CT molecular complexity index is 404. The van der Waals surface area contributed by atoms with Crippen LogP contribution < -0.4 is 9.47 Å². The van der Waals surface area contributed by atoms with E-state index in [0.717, 1.165) is 18.4 Å². The number of aliphatic hydroxyl groups is 1. The molecule has 0 heterocycles. The third kappa shape index (κ3) is 3.92. The van der Waals surface area contributed by atoms with E-state index in [-0.39, 0.29) is 6.61 Å². The Balaban J connectivity index is 2.74. The third-order valence-electron chi connectivity index (χ3n) is 2.54. The van der Waals surface area contributed by atoms with Gasteiger partial charge in [0.2, 0.25) is 0 Å². The van der Waals surface area contributed by atoms with E-state index in [1.165, 1.54) is 0 Å². The molecule has 0 aromatic heterocycles. The molecule has 0 amide bonds. The van der Waals surface area contributed by atoms with Gasteiger partial charge in [0.25, 0.3) is 0 Å². The number of benzene rings is 1. The average molecular weight is 253 g/mol. The number of nitrogens with zero attached hydrogens (tertiary/aromatic N) is 1. The van der Waals surface area contributed by atoms with E-state index < -0.39 is 0 Å². The summed E-state index contributed by atoms with van der Waals surface area (Å²) in [5.41, 5.74) is 1.29. The molecule has 0 spiro atoms. The lowest BCUT2D eigenvalue weighted by molar-refractivity contribution is 0.247. The second-order valence-electron chi connectivity index (χ2n) is 3.83. The fourth-order valence-electron chi connectivity index (χ4n) is 1.47. The van der Waals surface area contributed by atoms with Crippen LogP contribution in [-0.2, 0) is 0 Å². The first-order valence-corrected chi connectivity index (χ1v) is 5.83. The number of rotatable bonds is 7. The lowest BCUT2D eigenvalue weighted by Crippen LogP contribution is -2.02. The minimum atomic E-state index is 0.172. The monoisotopic (exact) mass is 253 g/mol. The van der Waals surface area contributed by atoms with Crippen molar-refractivity contribution >= 4 is 5.71 Å². The van der Waals surface area contributed by atoms with Gasteiger partial charge in [-0.25, -0.2) is 0 Å². The van der Waals surface area contributed by atoms with Crippen LogP contribution >= 0.6 is 0 Å². The molecular formula is C13H19NO4. The summed E-state index contributed by atoms with van der Waals surface area (Å²) in [6.45, 7) is 2.41. The molecule has 5 heteroatoms. The van der Waals surface area contributed by atoms with Gasteiger partial charge in [-0.1, -0.05) is 5.16 Å². The van der Waals surface area contributed by atoms with Crippen LogP contribution in [0.15, 0.2) is 23.4 Å². The molecule has 1 rings (SSSR count). The summed E-state index contributed by atoms with van der Waals surface area (Å²) in [5, 5.41) is 20.5. The highest BCUT2D eigenvalue weighted by Crippen LogP contribution is 2.28. The van der Waals surface area contributed by atoms with Crippen LogP contribution in [0.25, 0.3) is 0 Å². The molecule has 1 aromatic rings. The number of aliphatic hydroxyl groups excluding tert-OH is 1. The van der Waals surface area contributed by atoms with Crippen molar-refractivity contribution in [3.8, 4) is 11.5 Å². The molecule has 1 aromatic carbocycles. The van der Waals surface area contributed by atoms with Gasteiger partial charge in [0.15, 0.2) is 11.5 Å². The fourth-order valence-corrected chi connectivity index (χ4v) is 1.47. The Morgan fingerprint density at radius 2 is 2.06 bits per heavy atom. The predicted octanol–water partition coefficient (Wildman–Crippen LogP) is 2.04. The molecule has 0 aliphatic heterocycles. The van der Waals surface area contributed by atoms with E-state index in [2.05, 4.69) is 5.16 Å². The second-order valence-corrected chi connectivity index (χ2v) is 3.83. The minimum absolute atomic E-state index is 0.172. The van der Waals surface area contributed by atoms with Gasteiger partial charge in [0, 0.05) is 12.2 Å². The summed E-state index contributed by atoms with van der Waals surface area (Å²) in [7, 11) is 1.56. The van der Waals surface area contributed by atoms with Crippen molar-refractivity contribution in [1.82, 2.24) is 0 Å². The summed E-state index contributed by atoms with van der Waals surface area (Å²) in [6.07, 6.45) is 1.51. The van der Waals surface area contributed by atoms with Gasteiger partial charge in [-0.3, -0.25) is 0 Å². The van der Waals surface area contributed by atoms with Gasteiger partial charge in [-0.05, 0) is 38.0 Å². The zero-order chi connectivity index (χ0) is 13.4. The van der Waals surface area contributed by atoms with Crippen LogP contribution in [0.4, 0.5) is 0 Å². The van der Waals surface area contributed by atoms with Crippen LogP contribution in [0.3, 0.4) is 0 Å². The van der Waals surface area contributed by atoms with Crippen LogP contribution in [0.1, 0.15) is 25.3 Å². The smallest absolute Gasteiger partial charge is 0.161 e. The van der Waals surface area contributed by atoms with Gasteiger partial charge in [0.05, 0.1) is 19.4 Å². The molecule has 18 heavy (non-hydrogen) atoms. The standard InChI is InChI=1S/C13H19NO4/c1-10(14-16)11-5-6-12(13(9-11)17-2)18-8-4-3-7-15/h5-6,9,15-16H,3-4,7-8H2,1-2H3. The van der Waals surface area contributed by atoms with E-state index in [1.54, 1.807) is 32.2 Å². The Morgan fingerprint density at radius 3 is 2.67 bits per heavy atom. The molecule has 0 atom stereocenters. The lowest BCUT2D eigenvalue weighted by Gasteiger charge is -2.11. The van der Waals surface area contributed by atoms with Gasteiger partial charge in [-0.15, -0.1) is 0 Å². The Morgan fingerprint density at radius 1 is 1.28 bits per heavy atom. The normalized spacial score (nSPS) is 11.4. The first-order chi connectivity index (χ1) is 8.72. The molecule has 2 N–H and O–H groups in total. The van der Waals surface area contributed by atoms with Crippen LogP contribution in [0.2, 0.25) is 0 Å². The summed E-state index contributed by atoms with van der Waals surface area (Å²) >= 11 is 0. The van der Waals surface area contributed by atoms with Gasteiger partial charge in [0.1, 0.15) is 0 Å². The van der Waals surface area contributed by atoms with E-state index >= 15 is 0 Å². The molecule has 0 unspecified atom stereocenters. The molecule has 0 saturated carbocycles. The molecule has 0 aliphatic rings. The SMILES string of the molecule is COc1cc(C(C)=NO)ccc1OCCCCO. The van der Waals surface area contributed by atoms with Crippen LogP contribution in [0, 0.1) is 0 Å². The molecule has 100 valence electrons. The summed E-state index contributed by atoms with van der Waals surface area (Å²) in [4.78, 5) is 0.